The molecule has 1 saturated heterocycles. The molecule has 0 bridgehead atoms. The first-order valence-corrected chi connectivity index (χ1v) is 9.20. The first kappa shape index (κ1) is 19.2. The van der Waals surface area contributed by atoms with Crippen LogP contribution in [0.1, 0.15) is 17.0 Å². The molecule has 6 nitrogen and oxygen atoms in total. The number of hydrogen-bond donors (Lipinski definition) is 2. The minimum absolute atomic E-state index is 0.184. The van der Waals surface area contributed by atoms with Crippen molar-refractivity contribution in [3.8, 4) is 11.1 Å². The van der Waals surface area contributed by atoms with E-state index in [0.29, 0.717) is 16.9 Å². The highest BCUT2D eigenvalue weighted by molar-refractivity contribution is 6.00. The lowest BCUT2D eigenvalue weighted by Gasteiger charge is -2.39. The number of anilines is 1. The van der Waals surface area contributed by atoms with Crippen LogP contribution in [0.2, 0.25) is 0 Å². The number of aliphatic hydroxyl groups excluding tert-OH is 1. The molecule has 0 spiro atoms. The van der Waals surface area contributed by atoms with Crippen molar-refractivity contribution in [1.82, 2.24) is 9.97 Å². The molecule has 1 aromatic carbocycles. The molecule has 0 aliphatic carbocycles. The zero-order valence-electron chi connectivity index (χ0n) is 15.9. The number of carbonyl (C=O) groups excluding carboxylic acids is 1. The van der Waals surface area contributed by atoms with Gasteiger partial charge in [0.2, 0.25) is 5.91 Å². The largest absolute Gasteiger partial charge is 0.392 e. The van der Waals surface area contributed by atoms with Gasteiger partial charge in [-0.1, -0.05) is 6.07 Å². The summed E-state index contributed by atoms with van der Waals surface area (Å²) in [6.45, 7) is 2.07. The molecule has 29 heavy (non-hydrogen) atoms. The van der Waals surface area contributed by atoms with Gasteiger partial charge in [-0.3, -0.25) is 14.8 Å². The van der Waals surface area contributed by atoms with Crippen molar-refractivity contribution < 1.29 is 19.0 Å². The summed E-state index contributed by atoms with van der Waals surface area (Å²) in [5, 5.41) is 12.7. The van der Waals surface area contributed by atoms with Crippen molar-refractivity contribution >= 4 is 11.6 Å². The zero-order chi connectivity index (χ0) is 20.4. The van der Waals surface area contributed by atoms with E-state index in [9.17, 15) is 14.3 Å². The number of halogens is 1. The van der Waals surface area contributed by atoms with E-state index in [4.69, 9.17) is 4.74 Å². The van der Waals surface area contributed by atoms with Crippen LogP contribution in [0, 0.1) is 12.7 Å². The summed E-state index contributed by atoms with van der Waals surface area (Å²) < 4.78 is 18.5. The Morgan fingerprint density at radius 2 is 1.93 bits per heavy atom. The quantitative estimate of drug-likeness (QED) is 0.696. The second-order valence-electron chi connectivity index (χ2n) is 7.11. The highest BCUT2D eigenvalue weighted by Gasteiger charge is 2.49. The van der Waals surface area contributed by atoms with Crippen LogP contribution >= 0.6 is 0 Å². The third-order valence-electron chi connectivity index (χ3n) is 5.11. The first-order chi connectivity index (χ1) is 14.0. The summed E-state index contributed by atoms with van der Waals surface area (Å²) in [6.07, 6.45) is 3.38. The number of pyridine rings is 2. The van der Waals surface area contributed by atoms with E-state index in [1.54, 1.807) is 18.5 Å². The number of nitrogens with one attached hydrogen (secondary N) is 1. The Balaban J connectivity index is 1.65. The highest BCUT2D eigenvalue weighted by atomic mass is 19.1. The Morgan fingerprint density at radius 3 is 2.52 bits per heavy atom. The van der Waals surface area contributed by atoms with Gasteiger partial charge in [0.1, 0.15) is 11.2 Å². The first-order valence-electron chi connectivity index (χ1n) is 9.20. The predicted octanol–water partition coefficient (Wildman–Crippen LogP) is 2.99. The number of rotatable bonds is 5. The van der Waals surface area contributed by atoms with Crippen molar-refractivity contribution in [3.63, 3.8) is 0 Å². The Morgan fingerprint density at radius 1 is 1.17 bits per heavy atom. The number of hydrogen-bond acceptors (Lipinski definition) is 5. The summed E-state index contributed by atoms with van der Waals surface area (Å²) in [5.74, 6) is -0.656. The van der Waals surface area contributed by atoms with Crippen molar-refractivity contribution in [2.75, 3.05) is 18.5 Å². The number of aliphatic hydroxyl groups is 1. The Labute approximate surface area is 167 Å². The summed E-state index contributed by atoms with van der Waals surface area (Å²) >= 11 is 0. The van der Waals surface area contributed by atoms with Crippen molar-refractivity contribution in [3.05, 3.63) is 77.6 Å². The fraction of sp³-hybridized carbons (Fsp3) is 0.227. The maximum absolute atomic E-state index is 13.1. The van der Waals surface area contributed by atoms with Crippen LogP contribution in [-0.4, -0.2) is 34.2 Å². The maximum Gasteiger partial charge on any atom is 0.241 e. The molecule has 0 unspecified atom stereocenters. The van der Waals surface area contributed by atoms with Crippen molar-refractivity contribution in [1.29, 1.82) is 0 Å². The molecule has 1 aliphatic heterocycles. The topological polar surface area (TPSA) is 84.3 Å². The molecule has 3 heterocycles. The van der Waals surface area contributed by atoms with Gasteiger partial charge in [0.05, 0.1) is 25.5 Å². The summed E-state index contributed by atoms with van der Waals surface area (Å²) in [6, 6.07) is 11.1. The molecule has 4 rings (SSSR count). The molecule has 3 aromatic rings. The molecule has 2 N–H and O–H groups in total. The van der Waals surface area contributed by atoms with E-state index in [1.165, 1.54) is 24.3 Å². The van der Waals surface area contributed by atoms with E-state index in [2.05, 4.69) is 15.3 Å². The third-order valence-corrected chi connectivity index (χ3v) is 5.11. The normalized spacial score (nSPS) is 14.9. The Hall–Kier alpha value is -3.16. The predicted molar refractivity (Wildman–Crippen MR) is 106 cm³/mol. The van der Waals surface area contributed by atoms with Crippen molar-refractivity contribution in [2.24, 2.45) is 0 Å². The molecular formula is C22H20FN3O3. The Bertz CT molecular complexity index is 1030. The maximum atomic E-state index is 13.1. The van der Waals surface area contributed by atoms with Gasteiger partial charge in [-0.15, -0.1) is 0 Å². The average Bonchev–Trinajstić information content (AvgIpc) is 2.69. The monoisotopic (exact) mass is 393 g/mol. The second-order valence-corrected chi connectivity index (χ2v) is 7.11. The van der Waals surface area contributed by atoms with Crippen LogP contribution in [0.4, 0.5) is 10.1 Å². The van der Waals surface area contributed by atoms with E-state index in [1.807, 2.05) is 19.1 Å². The van der Waals surface area contributed by atoms with Gasteiger partial charge in [0.15, 0.2) is 0 Å². The number of benzene rings is 1. The van der Waals surface area contributed by atoms with E-state index < -0.39 is 5.41 Å². The minimum atomic E-state index is -0.956. The number of amides is 1. The van der Waals surface area contributed by atoms with Gasteiger partial charge in [0.25, 0.3) is 0 Å². The molecule has 0 radical (unpaired) electrons. The lowest BCUT2D eigenvalue weighted by molar-refractivity contribution is -0.140. The van der Waals surface area contributed by atoms with Crippen molar-refractivity contribution in [2.45, 2.75) is 18.9 Å². The lowest BCUT2D eigenvalue weighted by Crippen LogP contribution is -2.56. The van der Waals surface area contributed by atoms with Crippen LogP contribution < -0.4 is 5.32 Å². The third kappa shape index (κ3) is 3.62. The summed E-state index contributed by atoms with van der Waals surface area (Å²) in [7, 11) is 0. The fourth-order valence-electron chi connectivity index (χ4n) is 3.26. The SMILES string of the molecule is Cc1ccc(-c2cnc(C3(C(=O)Nc4ccc(F)cc4)COC3)cc2CO)cn1. The van der Waals surface area contributed by atoms with Gasteiger partial charge >= 0.3 is 0 Å². The second kappa shape index (κ2) is 7.69. The van der Waals surface area contributed by atoms with Crippen LogP contribution in [0.15, 0.2) is 54.9 Å². The molecule has 7 heteroatoms. The highest BCUT2D eigenvalue weighted by Crippen LogP contribution is 2.35. The van der Waals surface area contributed by atoms with Gasteiger partial charge in [-0.05, 0) is 48.9 Å². The molecule has 1 aliphatic rings. The number of aromatic nitrogens is 2. The number of aryl methyl sites for hydroxylation is 1. The van der Waals surface area contributed by atoms with Crippen LogP contribution in [0.25, 0.3) is 11.1 Å². The minimum Gasteiger partial charge on any atom is -0.392 e. The molecule has 1 amide bonds. The number of ether oxygens (including phenoxy) is 1. The molecule has 148 valence electrons. The lowest BCUT2D eigenvalue weighted by atomic mass is 9.80. The van der Waals surface area contributed by atoms with E-state index in [0.717, 1.165) is 16.8 Å². The van der Waals surface area contributed by atoms with E-state index >= 15 is 0 Å². The summed E-state index contributed by atoms with van der Waals surface area (Å²) in [4.78, 5) is 21.8. The van der Waals surface area contributed by atoms with Gasteiger partial charge in [-0.2, -0.15) is 0 Å². The van der Waals surface area contributed by atoms with Crippen LogP contribution in [0.3, 0.4) is 0 Å². The van der Waals surface area contributed by atoms with Gasteiger partial charge in [0, 0.05) is 34.9 Å². The molecule has 1 fully saturated rings. The van der Waals surface area contributed by atoms with Crippen LogP contribution in [0.5, 0.6) is 0 Å². The van der Waals surface area contributed by atoms with E-state index in [-0.39, 0.29) is 31.5 Å². The van der Waals surface area contributed by atoms with Gasteiger partial charge < -0.3 is 15.2 Å². The number of nitrogens with zero attached hydrogens (tertiary/aromatic N) is 2. The number of carbonyl (C=O) groups is 1. The molecule has 2 aromatic heterocycles. The van der Waals surface area contributed by atoms with Crippen LogP contribution in [-0.2, 0) is 21.6 Å². The van der Waals surface area contributed by atoms with Gasteiger partial charge in [-0.25, -0.2) is 4.39 Å². The average molecular weight is 393 g/mol. The molecule has 0 saturated carbocycles. The zero-order valence-corrected chi connectivity index (χ0v) is 15.9. The smallest absolute Gasteiger partial charge is 0.241 e. The summed E-state index contributed by atoms with van der Waals surface area (Å²) in [5.41, 5.74) is 3.21. The molecular weight excluding hydrogens is 373 g/mol. The molecule has 0 atom stereocenters. The standard InChI is InChI=1S/C22H20FN3O3/c1-14-2-3-15(9-24-14)19-10-25-20(8-16(19)11-27)22(12-29-13-22)21(28)26-18-6-4-17(23)5-7-18/h2-10,27H,11-13H2,1H3,(H,26,28). The fourth-order valence-corrected chi connectivity index (χ4v) is 3.26. The Kier molecular flexibility index (Phi) is 5.08.